The van der Waals surface area contributed by atoms with E-state index in [0.717, 1.165) is 36.5 Å². The van der Waals surface area contributed by atoms with E-state index in [1.54, 1.807) is 6.07 Å². The lowest BCUT2D eigenvalue weighted by molar-refractivity contribution is 0.397. The predicted molar refractivity (Wildman–Crippen MR) is 84.7 cm³/mol. The number of rotatable bonds is 6. The third-order valence-electron chi connectivity index (χ3n) is 3.28. The Hall–Kier alpha value is -0.960. The minimum absolute atomic E-state index is 0.108. The molecule has 0 amide bonds. The fourth-order valence-corrected chi connectivity index (χ4v) is 2.61. The van der Waals surface area contributed by atoms with Gasteiger partial charge in [0.25, 0.3) is 0 Å². The zero-order chi connectivity index (χ0) is 14.5. The molecular formula is C16H19Cl2NO. The second kappa shape index (κ2) is 7.16. The van der Waals surface area contributed by atoms with Gasteiger partial charge in [0.2, 0.25) is 0 Å². The van der Waals surface area contributed by atoms with Crippen molar-refractivity contribution in [2.24, 2.45) is 0 Å². The van der Waals surface area contributed by atoms with Crippen molar-refractivity contribution < 1.29 is 4.42 Å². The van der Waals surface area contributed by atoms with Crippen molar-refractivity contribution in [3.63, 3.8) is 0 Å². The van der Waals surface area contributed by atoms with Gasteiger partial charge in [-0.15, -0.1) is 0 Å². The first kappa shape index (κ1) is 15.4. The van der Waals surface area contributed by atoms with E-state index in [2.05, 4.69) is 19.2 Å². The smallest absolute Gasteiger partial charge is 0.121 e. The molecule has 0 bridgehead atoms. The van der Waals surface area contributed by atoms with Crippen LogP contribution in [0.25, 0.3) is 0 Å². The fourth-order valence-electron chi connectivity index (χ4n) is 2.22. The van der Waals surface area contributed by atoms with Crippen molar-refractivity contribution >= 4 is 23.2 Å². The quantitative estimate of drug-likeness (QED) is 0.808. The Morgan fingerprint density at radius 3 is 2.60 bits per heavy atom. The zero-order valence-electron chi connectivity index (χ0n) is 11.7. The highest BCUT2D eigenvalue weighted by Crippen LogP contribution is 2.29. The van der Waals surface area contributed by atoms with Gasteiger partial charge in [0.05, 0.1) is 16.1 Å². The van der Waals surface area contributed by atoms with E-state index in [-0.39, 0.29) is 6.04 Å². The van der Waals surface area contributed by atoms with E-state index in [9.17, 15) is 0 Å². The molecule has 2 nitrogen and oxygen atoms in total. The van der Waals surface area contributed by atoms with Gasteiger partial charge in [-0.3, -0.25) is 0 Å². The second-order valence-electron chi connectivity index (χ2n) is 4.68. The molecule has 2 aromatic rings. The Morgan fingerprint density at radius 2 is 1.95 bits per heavy atom. The first-order valence-electron chi connectivity index (χ1n) is 6.90. The van der Waals surface area contributed by atoms with Crippen molar-refractivity contribution in [3.8, 4) is 0 Å². The van der Waals surface area contributed by atoms with E-state index in [1.165, 1.54) is 0 Å². The minimum Gasteiger partial charge on any atom is -0.464 e. The molecule has 2 rings (SSSR count). The average Bonchev–Trinajstić information content (AvgIpc) is 2.92. The summed E-state index contributed by atoms with van der Waals surface area (Å²) >= 11 is 12.3. The molecule has 4 heteroatoms. The summed E-state index contributed by atoms with van der Waals surface area (Å²) in [5.74, 6) is 1.94. The van der Waals surface area contributed by atoms with Gasteiger partial charge >= 0.3 is 0 Å². The molecule has 0 saturated carbocycles. The van der Waals surface area contributed by atoms with Crippen molar-refractivity contribution in [2.75, 3.05) is 6.54 Å². The van der Waals surface area contributed by atoms with Crippen LogP contribution in [0.3, 0.4) is 0 Å². The molecule has 1 N–H and O–H groups in total. The SMILES string of the molecule is CCNC(Cc1cccc(Cl)c1Cl)c1ccc(CC)o1. The molecule has 1 aromatic carbocycles. The number of aryl methyl sites for hydroxylation is 1. The van der Waals surface area contributed by atoms with Gasteiger partial charge in [-0.05, 0) is 36.7 Å². The van der Waals surface area contributed by atoms with Crippen LogP contribution in [0.15, 0.2) is 34.7 Å². The second-order valence-corrected chi connectivity index (χ2v) is 5.47. The monoisotopic (exact) mass is 311 g/mol. The number of furan rings is 1. The molecule has 1 atom stereocenters. The summed E-state index contributed by atoms with van der Waals surface area (Å²) in [4.78, 5) is 0. The Balaban J connectivity index is 2.23. The number of hydrogen-bond acceptors (Lipinski definition) is 2. The Morgan fingerprint density at radius 1 is 1.15 bits per heavy atom. The molecule has 0 aliphatic carbocycles. The van der Waals surface area contributed by atoms with Crippen molar-refractivity contribution in [1.82, 2.24) is 5.32 Å². The number of benzene rings is 1. The Bertz CT molecular complexity index is 565. The van der Waals surface area contributed by atoms with Crippen LogP contribution in [-0.4, -0.2) is 6.54 Å². The third-order valence-corrected chi connectivity index (χ3v) is 4.14. The van der Waals surface area contributed by atoms with Gasteiger partial charge in [0.1, 0.15) is 11.5 Å². The summed E-state index contributed by atoms with van der Waals surface area (Å²) in [5, 5.41) is 4.65. The van der Waals surface area contributed by atoms with Gasteiger partial charge in [0, 0.05) is 6.42 Å². The number of nitrogens with one attached hydrogen (secondary N) is 1. The van der Waals surface area contributed by atoms with E-state index in [0.29, 0.717) is 10.0 Å². The highest BCUT2D eigenvalue weighted by molar-refractivity contribution is 6.42. The maximum absolute atomic E-state index is 6.27. The van der Waals surface area contributed by atoms with E-state index < -0.39 is 0 Å². The molecule has 1 aromatic heterocycles. The van der Waals surface area contributed by atoms with Crippen LogP contribution in [0.5, 0.6) is 0 Å². The van der Waals surface area contributed by atoms with Crippen LogP contribution in [0.2, 0.25) is 10.0 Å². The normalized spacial score (nSPS) is 12.6. The van der Waals surface area contributed by atoms with Gasteiger partial charge in [-0.25, -0.2) is 0 Å². The first-order chi connectivity index (χ1) is 9.65. The van der Waals surface area contributed by atoms with Gasteiger partial charge in [-0.1, -0.05) is 49.2 Å². The summed E-state index contributed by atoms with van der Waals surface area (Å²) in [6.45, 7) is 5.03. The third kappa shape index (κ3) is 3.57. The van der Waals surface area contributed by atoms with E-state index in [4.69, 9.17) is 27.6 Å². The molecule has 1 heterocycles. The standard InChI is InChI=1S/C16H19Cl2NO/c1-3-12-8-9-15(20-12)14(19-4-2)10-11-6-5-7-13(17)16(11)18/h5-9,14,19H,3-4,10H2,1-2H3. The van der Waals surface area contributed by atoms with Crippen LogP contribution in [0, 0.1) is 0 Å². The minimum atomic E-state index is 0.108. The Labute approximate surface area is 130 Å². The maximum atomic E-state index is 6.27. The molecule has 20 heavy (non-hydrogen) atoms. The molecule has 0 aliphatic heterocycles. The molecule has 0 radical (unpaired) electrons. The molecule has 1 unspecified atom stereocenters. The number of hydrogen-bond donors (Lipinski definition) is 1. The summed E-state index contributed by atoms with van der Waals surface area (Å²) in [6.07, 6.45) is 1.65. The van der Waals surface area contributed by atoms with E-state index >= 15 is 0 Å². The lowest BCUT2D eigenvalue weighted by Gasteiger charge is -2.17. The zero-order valence-corrected chi connectivity index (χ0v) is 13.3. The summed E-state index contributed by atoms with van der Waals surface area (Å²) in [6, 6.07) is 9.90. The van der Waals surface area contributed by atoms with Gasteiger partial charge in [0.15, 0.2) is 0 Å². The molecule has 0 spiro atoms. The van der Waals surface area contributed by atoms with Crippen LogP contribution in [0.4, 0.5) is 0 Å². The predicted octanol–water partition coefficient (Wildman–Crippen LogP) is 5.04. The maximum Gasteiger partial charge on any atom is 0.121 e. The topological polar surface area (TPSA) is 25.2 Å². The van der Waals surface area contributed by atoms with Gasteiger partial charge < -0.3 is 9.73 Å². The molecule has 108 valence electrons. The van der Waals surface area contributed by atoms with Crippen molar-refractivity contribution in [3.05, 3.63) is 57.5 Å². The summed E-state index contributed by atoms with van der Waals surface area (Å²) in [5.41, 5.74) is 1.03. The van der Waals surface area contributed by atoms with Crippen LogP contribution >= 0.6 is 23.2 Å². The number of likely N-dealkylation sites (N-methyl/N-ethyl adjacent to an activating group) is 1. The summed E-state index contributed by atoms with van der Waals surface area (Å²) < 4.78 is 5.85. The fraction of sp³-hybridized carbons (Fsp3) is 0.375. The lowest BCUT2D eigenvalue weighted by atomic mass is 10.0. The highest BCUT2D eigenvalue weighted by atomic mass is 35.5. The summed E-state index contributed by atoms with van der Waals surface area (Å²) in [7, 11) is 0. The first-order valence-corrected chi connectivity index (χ1v) is 7.66. The molecule has 0 fully saturated rings. The van der Waals surface area contributed by atoms with E-state index in [1.807, 2.05) is 24.3 Å². The van der Waals surface area contributed by atoms with Crippen molar-refractivity contribution in [2.45, 2.75) is 32.7 Å². The molecule has 0 saturated heterocycles. The van der Waals surface area contributed by atoms with Crippen LogP contribution < -0.4 is 5.32 Å². The van der Waals surface area contributed by atoms with Crippen molar-refractivity contribution in [1.29, 1.82) is 0 Å². The van der Waals surface area contributed by atoms with Crippen LogP contribution in [-0.2, 0) is 12.8 Å². The van der Waals surface area contributed by atoms with Crippen LogP contribution in [0.1, 0.15) is 37.0 Å². The largest absolute Gasteiger partial charge is 0.464 e. The average molecular weight is 312 g/mol. The lowest BCUT2D eigenvalue weighted by Crippen LogP contribution is -2.22. The number of halogens is 2. The van der Waals surface area contributed by atoms with Gasteiger partial charge in [-0.2, -0.15) is 0 Å². The molecule has 0 aliphatic rings. The Kier molecular flexibility index (Phi) is 5.53. The highest BCUT2D eigenvalue weighted by Gasteiger charge is 2.17. The molecular weight excluding hydrogens is 293 g/mol.